The Bertz CT molecular complexity index is 573. The summed E-state index contributed by atoms with van der Waals surface area (Å²) in [6.07, 6.45) is 14.1. The Hall–Kier alpha value is -0.600. The Labute approximate surface area is 176 Å². The molecule has 0 amide bonds. The van der Waals surface area contributed by atoms with Crippen molar-refractivity contribution in [3.8, 4) is 0 Å². The summed E-state index contributed by atoms with van der Waals surface area (Å²) in [6.45, 7) is 0. The highest BCUT2D eigenvalue weighted by Gasteiger charge is 2.15. The van der Waals surface area contributed by atoms with Crippen molar-refractivity contribution in [1.29, 1.82) is 0 Å². The van der Waals surface area contributed by atoms with Crippen LogP contribution in [0.2, 0.25) is 0 Å². The van der Waals surface area contributed by atoms with Gasteiger partial charge in [0, 0.05) is 8.95 Å². The molecule has 0 spiro atoms. The zero-order chi connectivity index (χ0) is 18.2. The fourth-order valence-corrected chi connectivity index (χ4v) is 4.87. The molecule has 0 N–H and O–H groups in total. The molecule has 2 aromatic carbocycles. The molecule has 0 bridgehead atoms. The van der Waals surface area contributed by atoms with Crippen molar-refractivity contribution in [3.63, 3.8) is 0 Å². The van der Waals surface area contributed by atoms with E-state index in [1.807, 2.05) is 0 Å². The fourth-order valence-electron chi connectivity index (χ4n) is 4.34. The molecule has 2 aliphatic rings. The van der Waals surface area contributed by atoms with E-state index in [0.717, 1.165) is 11.8 Å². The van der Waals surface area contributed by atoms with E-state index in [9.17, 15) is 0 Å². The first-order chi connectivity index (χ1) is 12.7. The van der Waals surface area contributed by atoms with Crippen LogP contribution in [0.4, 0.5) is 0 Å². The molecule has 2 fully saturated rings. The highest BCUT2D eigenvalue weighted by molar-refractivity contribution is 9.10. The minimum atomic E-state index is 0.835. The van der Waals surface area contributed by atoms with Gasteiger partial charge in [-0.3, -0.25) is 0 Å². The van der Waals surface area contributed by atoms with E-state index in [0.29, 0.717) is 0 Å². The topological polar surface area (TPSA) is 0 Å². The molecule has 2 heteroatoms. The quantitative estimate of drug-likeness (QED) is 0.404. The SMILES string of the molecule is Brc1ccc(C2CCCCC2)cc1.Brc1ccc(C2CCCCC2)cc1. The Morgan fingerprint density at radius 2 is 0.769 bits per heavy atom. The fraction of sp³-hybridized carbons (Fsp3) is 0.500. The van der Waals surface area contributed by atoms with Crippen LogP contribution in [0.1, 0.15) is 87.2 Å². The van der Waals surface area contributed by atoms with Crippen molar-refractivity contribution in [2.75, 3.05) is 0 Å². The third-order valence-electron chi connectivity index (χ3n) is 5.89. The summed E-state index contributed by atoms with van der Waals surface area (Å²) in [5.74, 6) is 1.67. The van der Waals surface area contributed by atoms with E-state index in [2.05, 4.69) is 80.4 Å². The summed E-state index contributed by atoms with van der Waals surface area (Å²) in [5.41, 5.74) is 3.06. The van der Waals surface area contributed by atoms with Crippen molar-refractivity contribution in [1.82, 2.24) is 0 Å². The summed E-state index contributed by atoms with van der Waals surface area (Å²) in [5, 5.41) is 0. The minimum Gasteiger partial charge on any atom is -0.0576 e. The molecule has 140 valence electrons. The highest BCUT2D eigenvalue weighted by Crippen LogP contribution is 2.33. The lowest BCUT2D eigenvalue weighted by atomic mass is 9.84. The molecule has 0 heterocycles. The maximum absolute atomic E-state index is 3.47. The van der Waals surface area contributed by atoms with Crippen molar-refractivity contribution >= 4 is 31.9 Å². The number of rotatable bonds is 2. The van der Waals surface area contributed by atoms with Crippen LogP contribution < -0.4 is 0 Å². The highest BCUT2D eigenvalue weighted by atomic mass is 79.9. The maximum atomic E-state index is 3.47. The first-order valence-electron chi connectivity index (χ1n) is 10.2. The smallest absolute Gasteiger partial charge is 0.0175 e. The molecule has 2 aliphatic carbocycles. The Balaban J connectivity index is 0.000000151. The monoisotopic (exact) mass is 476 g/mol. The Kier molecular flexibility index (Phi) is 8.26. The van der Waals surface area contributed by atoms with Gasteiger partial charge in [-0.25, -0.2) is 0 Å². The molecular weight excluding hydrogens is 448 g/mol. The molecular formula is C24H30Br2. The predicted octanol–water partition coefficient (Wildman–Crippen LogP) is 8.99. The van der Waals surface area contributed by atoms with Crippen molar-refractivity contribution in [3.05, 3.63) is 68.6 Å². The van der Waals surface area contributed by atoms with Gasteiger partial charge < -0.3 is 0 Å². The average molecular weight is 478 g/mol. The van der Waals surface area contributed by atoms with Gasteiger partial charge in [-0.1, -0.05) is 94.7 Å². The molecule has 0 aliphatic heterocycles. The first-order valence-corrected chi connectivity index (χ1v) is 11.8. The van der Waals surface area contributed by atoms with Gasteiger partial charge in [-0.05, 0) is 72.9 Å². The van der Waals surface area contributed by atoms with Gasteiger partial charge in [0.15, 0.2) is 0 Å². The second-order valence-electron chi connectivity index (χ2n) is 7.77. The molecule has 2 saturated carbocycles. The molecule has 4 rings (SSSR count). The summed E-state index contributed by atoms with van der Waals surface area (Å²) >= 11 is 6.94. The largest absolute Gasteiger partial charge is 0.0576 e. The van der Waals surface area contributed by atoms with Gasteiger partial charge in [0.05, 0.1) is 0 Å². The molecule has 0 nitrogen and oxygen atoms in total. The van der Waals surface area contributed by atoms with Crippen LogP contribution in [0.15, 0.2) is 57.5 Å². The van der Waals surface area contributed by atoms with Gasteiger partial charge >= 0.3 is 0 Å². The van der Waals surface area contributed by atoms with Crippen molar-refractivity contribution in [2.45, 2.75) is 76.0 Å². The molecule has 0 unspecified atom stereocenters. The van der Waals surface area contributed by atoms with E-state index in [1.165, 1.54) is 84.3 Å². The standard InChI is InChI=1S/2C12H15Br/c2*13-12-8-6-11(7-9-12)10-4-2-1-3-5-10/h2*6-10H,1-5H2. The Morgan fingerprint density at radius 3 is 1.08 bits per heavy atom. The second kappa shape index (κ2) is 10.7. The maximum Gasteiger partial charge on any atom is 0.0175 e. The number of halogens is 2. The van der Waals surface area contributed by atoms with Crippen LogP contribution in [0.25, 0.3) is 0 Å². The van der Waals surface area contributed by atoms with Gasteiger partial charge in [0.1, 0.15) is 0 Å². The van der Waals surface area contributed by atoms with Gasteiger partial charge in [-0.2, -0.15) is 0 Å². The molecule has 0 saturated heterocycles. The van der Waals surface area contributed by atoms with E-state index in [1.54, 1.807) is 0 Å². The summed E-state index contributed by atoms with van der Waals surface area (Å²) < 4.78 is 2.37. The van der Waals surface area contributed by atoms with Crippen LogP contribution in [0.5, 0.6) is 0 Å². The van der Waals surface area contributed by atoms with Crippen LogP contribution in [0.3, 0.4) is 0 Å². The second-order valence-corrected chi connectivity index (χ2v) is 9.60. The normalized spacial score (nSPS) is 18.8. The third kappa shape index (κ3) is 6.23. The zero-order valence-corrected chi connectivity index (χ0v) is 18.8. The third-order valence-corrected chi connectivity index (χ3v) is 6.95. The molecule has 2 aromatic rings. The van der Waals surface area contributed by atoms with Crippen molar-refractivity contribution in [2.24, 2.45) is 0 Å². The van der Waals surface area contributed by atoms with E-state index in [4.69, 9.17) is 0 Å². The molecule has 0 atom stereocenters. The summed E-state index contributed by atoms with van der Waals surface area (Å²) in [4.78, 5) is 0. The molecule has 0 aromatic heterocycles. The molecule has 26 heavy (non-hydrogen) atoms. The lowest BCUT2D eigenvalue weighted by Crippen LogP contribution is -2.03. The number of hydrogen-bond acceptors (Lipinski definition) is 0. The van der Waals surface area contributed by atoms with Crippen LogP contribution in [-0.4, -0.2) is 0 Å². The van der Waals surface area contributed by atoms with Gasteiger partial charge in [0.2, 0.25) is 0 Å². The number of benzene rings is 2. The molecule has 0 radical (unpaired) electrons. The van der Waals surface area contributed by atoms with Crippen molar-refractivity contribution < 1.29 is 0 Å². The van der Waals surface area contributed by atoms with Crippen LogP contribution >= 0.6 is 31.9 Å². The Morgan fingerprint density at radius 1 is 0.462 bits per heavy atom. The van der Waals surface area contributed by atoms with Crippen LogP contribution in [-0.2, 0) is 0 Å². The van der Waals surface area contributed by atoms with E-state index >= 15 is 0 Å². The number of hydrogen-bond donors (Lipinski definition) is 0. The van der Waals surface area contributed by atoms with E-state index < -0.39 is 0 Å². The first kappa shape index (κ1) is 20.1. The lowest BCUT2D eigenvalue weighted by molar-refractivity contribution is 0.443. The van der Waals surface area contributed by atoms with Gasteiger partial charge in [-0.15, -0.1) is 0 Å². The summed E-state index contributed by atoms with van der Waals surface area (Å²) in [6, 6.07) is 17.7. The summed E-state index contributed by atoms with van der Waals surface area (Å²) in [7, 11) is 0. The lowest BCUT2D eigenvalue weighted by Gasteiger charge is -2.21. The average Bonchev–Trinajstić information content (AvgIpc) is 2.71. The van der Waals surface area contributed by atoms with Gasteiger partial charge in [0.25, 0.3) is 0 Å². The zero-order valence-electron chi connectivity index (χ0n) is 15.6. The minimum absolute atomic E-state index is 0.835. The van der Waals surface area contributed by atoms with Crippen LogP contribution in [0, 0.1) is 0 Å². The van der Waals surface area contributed by atoms with E-state index in [-0.39, 0.29) is 0 Å². The predicted molar refractivity (Wildman–Crippen MR) is 120 cm³/mol.